The van der Waals surface area contributed by atoms with Gasteiger partial charge in [-0.15, -0.1) is 0 Å². The maximum Gasteiger partial charge on any atom is -0.0414 e. The highest BCUT2D eigenvalue weighted by molar-refractivity contribution is 4.62. The minimum Gasteiger partial charge on any atom is -0.0654 e. The maximum atomic E-state index is 4.37. The van der Waals surface area contributed by atoms with Crippen LogP contribution < -0.4 is 0 Å². The van der Waals surface area contributed by atoms with E-state index in [1.807, 2.05) is 0 Å². The molecular formula is C25H51. The van der Waals surface area contributed by atoms with E-state index in [0.717, 1.165) is 5.92 Å². The van der Waals surface area contributed by atoms with Crippen LogP contribution in [0.3, 0.4) is 0 Å². The van der Waals surface area contributed by atoms with Gasteiger partial charge in [-0.2, -0.15) is 0 Å². The molecule has 0 N–H and O–H groups in total. The topological polar surface area (TPSA) is 0 Å². The molecule has 1 atom stereocenters. The number of hydrogen-bond donors (Lipinski definition) is 0. The lowest BCUT2D eigenvalue weighted by Crippen LogP contribution is -1.95. The third-order valence-corrected chi connectivity index (χ3v) is 5.68. The van der Waals surface area contributed by atoms with Crippen molar-refractivity contribution in [3.05, 3.63) is 6.92 Å². The van der Waals surface area contributed by atoms with Crippen LogP contribution in [0.4, 0.5) is 0 Å². The van der Waals surface area contributed by atoms with Gasteiger partial charge in [0.2, 0.25) is 0 Å². The second-order valence-electron chi connectivity index (χ2n) is 8.45. The van der Waals surface area contributed by atoms with E-state index in [2.05, 4.69) is 20.8 Å². The predicted octanol–water partition coefficient (Wildman–Crippen LogP) is 9.67. The summed E-state index contributed by atoms with van der Waals surface area (Å²) >= 11 is 0. The van der Waals surface area contributed by atoms with Gasteiger partial charge in [0, 0.05) is 0 Å². The second-order valence-corrected chi connectivity index (χ2v) is 8.45. The van der Waals surface area contributed by atoms with E-state index in [1.54, 1.807) is 0 Å². The molecule has 0 fully saturated rings. The van der Waals surface area contributed by atoms with Crippen molar-refractivity contribution in [2.24, 2.45) is 5.92 Å². The molecule has 0 saturated heterocycles. The summed E-state index contributed by atoms with van der Waals surface area (Å²) in [6.07, 6.45) is 30.1. The van der Waals surface area contributed by atoms with Gasteiger partial charge in [-0.25, -0.2) is 0 Å². The number of unbranched alkanes of at least 4 members (excludes halogenated alkanes) is 17. The Hall–Kier alpha value is 0. The SMILES string of the molecule is [CH2]C(CCCCCCCCC)CCCCCCCCCCCCCC. The zero-order chi connectivity index (χ0) is 18.4. The Bertz CT molecular complexity index is 220. The van der Waals surface area contributed by atoms with Crippen molar-refractivity contribution in [2.45, 2.75) is 149 Å². The molecule has 0 spiro atoms. The Morgan fingerprint density at radius 1 is 0.400 bits per heavy atom. The monoisotopic (exact) mass is 351 g/mol. The van der Waals surface area contributed by atoms with Gasteiger partial charge in [0.15, 0.2) is 0 Å². The third-order valence-electron chi connectivity index (χ3n) is 5.68. The average Bonchev–Trinajstić information content (AvgIpc) is 2.62. The molecule has 0 heterocycles. The van der Waals surface area contributed by atoms with Crippen molar-refractivity contribution >= 4 is 0 Å². The fourth-order valence-corrected chi connectivity index (χ4v) is 3.81. The zero-order valence-electron chi connectivity index (χ0n) is 18.1. The van der Waals surface area contributed by atoms with Gasteiger partial charge in [-0.05, 0) is 5.92 Å². The minimum absolute atomic E-state index is 0.721. The van der Waals surface area contributed by atoms with Crippen LogP contribution in [0.2, 0.25) is 0 Å². The highest BCUT2D eigenvalue weighted by atomic mass is 14.1. The van der Waals surface area contributed by atoms with Crippen LogP contribution in [-0.4, -0.2) is 0 Å². The van der Waals surface area contributed by atoms with Gasteiger partial charge in [0.1, 0.15) is 0 Å². The average molecular weight is 352 g/mol. The maximum absolute atomic E-state index is 4.37. The van der Waals surface area contributed by atoms with Gasteiger partial charge < -0.3 is 0 Å². The van der Waals surface area contributed by atoms with Crippen LogP contribution in [0.5, 0.6) is 0 Å². The quantitative estimate of drug-likeness (QED) is 0.180. The normalized spacial score (nSPS) is 12.6. The van der Waals surface area contributed by atoms with E-state index < -0.39 is 0 Å². The van der Waals surface area contributed by atoms with Crippen molar-refractivity contribution in [3.63, 3.8) is 0 Å². The fourth-order valence-electron chi connectivity index (χ4n) is 3.81. The van der Waals surface area contributed by atoms with Crippen LogP contribution in [-0.2, 0) is 0 Å². The summed E-state index contributed by atoms with van der Waals surface area (Å²) in [4.78, 5) is 0. The first kappa shape index (κ1) is 25.0. The molecule has 0 saturated carbocycles. The number of rotatable bonds is 21. The predicted molar refractivity (Wildman–Crippen MR) is 117 cm³/mol. The Balaban J connectivity index is 3.11. The molecule has 1 unspecified atom stereocenters. The van der Waals surface area contributed by atoms with E-state index in [0.29, 0.717) is 0 Å². The van der Waals surface area contributed by atoms with Gasteiger partial charge in [-0.1, -0.05) is 156 Å². The largest absolute Gasteiger partial charge is 0.0654 e. The Kier molecular flexibility index (Phi) is 22.0. The highest BCUT2D eigenvalue weighted by Gasteiger charge is 2.02. The summed E-state index contributed by atoms with van der Waals surface area (Å²) in [7, 11) is 0. The molecule has 0 heteroatoms. The summed E-state index contributed by atoms with van der Waals surface area (Å²) < 4.78 is 0. The van der Waals surface area contributed by atoms with Crippen LogP contribution in [0.25, 0.3) is 0 Å². The van der Waals surface area contributed by atoms with Crippen molar-refractivity contribution in [1.29, 1.82) is 0 Å². The molecule has 0 bridgehead atoms. The molecular weight excluding hydrogens is 300 g/mol. The van der Waals surface area contributed by atoms with E-state index in [1.165, 1.54) is 135 Å². The van der Waals surface area contributed by atoms with Gasteiger partial charge in [-0.3, -0.25) is 0 Å². The van der Waals surface area contributed by atoms with Crippen molar-refractivity contribution in [3.8, 4) is 0 Å². The number of hydrogen-bond acceptors (Lipinski definition) is 0. The first-order valence-corrected chi connectivity index (χ1v) is 12.1. The summed E-state index contributed by atoms with van der Waals surface area (Å²) in [6, 6.07) is 0. The third kappa shape index (κ3) is 22.0. The molecule has 0 nitrogen and oxygen atoms in total. The lowest BCUT2D eigenvalue weighted by Gasteiger charge is -2.11. The molecule has 151 valence electrons. The van der Waals surface area contributed by atoms with Crippen LogP contribution in [0, 0.1) is 12.8 Å². The van der Waals surface area contributed by atoms with E-state index in [4.69, 9.17) is 0 Å². The smallest absolute Gasteiger partial charge is 0.0414 e. The molecule has 0 aromatic carbocycles. The molecule has 1 radical (unpaired) electrons. The Labute approximate surface area is 161 Å². The zero-order valence-corrected chi connectivity index (χ0v) is 18.1. The van der Waals surface area contributed by atoms with Crippen LogP contribution in [0.15, 0.2) is 0 Å². The highest BCUT2D eigenvalue weighted by Crippen LogP contribution is 2.18. The Morgan fingerprint density at radius 2 is 0.640 bits per heavy atom. The summed E-state index contributed by atoms with van der Waals surface area (Å²) in [5, 5.41) is 0. The summed E-state index contributed by atoms with van der Waals surface area (Å²) in [6.45, 7) is 8.97. The van der Waals surface area contributed by atoms with Gasteiger partial charge in [0.25, 0.3) is 0 Å². The fraction of sp³-hybridized carbons (Fsp3) is 0.960. The van der Waals surface area contributed by atoms with Crippen molar-refractivity contribution in [1.82, 2.24) is 0 Å². The first-order valence-electron chi connectivity index (χ1n) is 12.1. The van der Waals surface area contributed by atoms with E-state index in [-0.39, 0.29) is 0 Å². The van der Waals surface area contributed by atoms with Crippen molar-refractivity contribution < 1.29 is 0 Å². The lowest BCUT2D eigenvalue weighted by molar-refractivity contribution is 0.460. The summed E-state index contributed by atoms with van der Waals surface area (Å²) in [5.74, 6) is 0.721. The van der Waals surface area contributed by atoms with E-state index >= 15 is 0 Å². The molecule has 0 aromatic heterocycles. The Morgan fingerprint density at radius 3 is 0.920 bits per heavy atom. The van der Waals surface area contributed by atoms with Gasteiger partial charge >= 0.3 is 0 Å². The van der Waals surface area contributed by atoms with E-state index in [9.17, 15) is 0 Å². The van der Waals surface area contributed by atoms with Crippen LogP contribution in [0.1, 0.15) is 149 Å². The van der Waals surface area contributed by atoms with Crippen LogP contribution >= 0.6 is 0 Å². The standard InChI is InChI=1S/C25H51/c1-4-6-8-10-12-13-14-15-16-18-20-22-24-25(3)23-21-19-17-11-9-7-5-2/h25H,3-24H2,1-2H3. The first-order chi connectivity index (χ1) is 12.3. The molecule has 0 amide bonds. The second kappa shape index (κ2) is 22.0. The lowest BCUT2D eigenvalue weighted by atomic mass is 9.95. The minimum atomic E-state index is 0.721. The molecule has 0 rings (SSSR count). The molecule has 0 aromatic rings. The summed E-state index contributed by atoms with van der Waals surface area (Å²) in [5.41, 5.74) is 0. The molecule has 0 aliphatic rings. The van der Waals surface area contributed by atoms with Crippen molar-refractivity contribution in [2.75, 3.05) is 0 Å². The van der Waals surface area contributed by atoms with Gasteiger partial charge in [0.05, 0.1) is 0 Å². The molecule has 0 aliphatic heterocycles. The molecule has 25 heavy (non-hydrogen) atoms. The molecule has 0 aliphatic carbocycles.